The van der Waals surface area contributed by atoms with Gasteiger partial charge in [0.05, 0.1) is 11.1 Å². The van der Waals surface area contributed by atoms with Gasteiger partial charge in [0.25, 0.3) is 0 Å². The first-order valence-electron chi connectivity index (χ1n) is 10.0. The van der Waals surface area contributed by atoms with Crippen molar-refractivity contribution < 1.29 is 14.0 Å². The standard InChI is InChI=1S/C23H26Cl2FN3O2/c1-23(2,3)10-17-18(13-8-7-12(24)9-16(13)28-11-30)19(21(29-17)22(27)31)14-5-4-6-15(25)20(14)26/h4-9,11,17-19,21,29H,10H2,1-3H3,(H2,27,31)(H,28,30)/t17-,18?,19+,21?/m0/s1. The van der Waals surface area contributed by atoms with Crippen molar-refractivity contribution in [1.29, 1.82) is 0 Å². The second-order valence-electron chi connectivity index (χ2n) is 9.11. The Labute approximate surface area is 191 Å². The number of amides is 2. The normalized spacial score (nSPS) is 23.5. The molecule has 1 fully saturated rings. The van der Waals surface area contributed by atoms with E-state index in [1.54, 1.807) is 30.3 Å². The molecule has 0 spiro atoms. The summed E-state index contributed by atoms with van der Waals surface area (Å²) in [4.78, 5) is 23.7. The number of carbonyl (C=O) groups is 2. The minimum absolute atomic E-state index is 0.0268. The van der Waals surface area contributed by atoms with E-state index >= 15 is 4.39 Å². The van der Waals surface area contributed by atoms with Crippen LogP contribution in [0.2, 0.25) is 10.0 Å². The van der Waals surface area contributed by atoms with E-state index in [0.29, 0.717) is 29.1 Å². The second-order valence-corrected chi connectivity index (χ2v) is 9.95. The van der Waals surface area contributed by atoms with Crippen LogP contribution in [0.15, 0.2) is 36.4 Å². The number of anilines is 1. The van der Waals surface area contributed by atoms with Crippen molar-refractivity contribution in [2.75, 3.05) is 5.32 Å². The zero-order valence-corrected chi connectivity index (χ0v) is 19.1. The summed E-state index contributed by atoms with van der Waals surface area (Å²) in [6, 6.07) is 8.87. The van der Waals surface area contributed by atoms with Gasteiger partial charge in [-0.05, 0) is 41.2 Å². The molecule has 166 valence electrons. The number of benzene rings is 2. The first kappa shape index (κ1) is 23.5. The van der Waals surface area contributed by atoms with Gasteiger partial charge in [-0.3, -0.25) is 9.59 Å². The number of halogens is 3. The highest BCUT2D eigenvalue weighted by atomic mass is 35.5. The summed E-state index contributed by atoms with van der Waals surface area (Å²) in [5.74, 6) is -2.16. The first-order chi connectivity index (χ1) is 14.5. The summed E-state index contributed by atoms with van der Waals surface area (Å²) in [5.41, 5.74) is 7.21. The van der Waals surface area contributed by atoms with Gasteiger partial charge in [0, 0.05) is 28.6 Å². The van der Waals surface area contributed by atoms with Gasteiger partial charge in [-0.15, -0.1) is 0 Å². The lowest BCUT2D eigenvalue weighted by Gasteiger charge is -2.31. The summed E-state index contributed by atoms with van der Waals surface area (Å²) >= 11 is 12.2. The summed E-state index contributed by atoms with van der Waals surface area (Å²) in [7, 11) is 0. The Morgan fingerprint density at radius 3 is 2.52 bits per heavy atom. The Kier molecular flexibility index (Phi) is 6.94. The molecule has 1 aliphatic heterocycles. The highest BCUT2D eigenvalue weighted by molar-refractivity contribution is 6.31. The number of hydrogen-bond donors (Lipinski definition) is 3. The Morgan fingerprint density at radius 1 is 1.19 bits per heavy atom. The Balaban J connectivity index is 2.25. The van der Waals surface area contributed by atoms with E-state index in [-0.39, 0.29) is 22.4 Å². The van der Waals surface area contributed by atoms with Gasteiger partial charge in [0.2, 0.25) is 12.3 Å². The third-order valence-electron chi connectivity index (χ3n) is 5.64. The predicted molar refractivity (Wildman–Crippen MR) is 122 cm³/mol. The fraction of sp³-hybridized carbons (Fsp3) is 0.391. The Bertz CT molecular complexity index is 993. The fourth-order valence-electron chi connectivity index (χ4n) is 4.57. The van der Waals surface area contributed by atoms with Crippen LogP contribution < -0.4 is 16.4 Å². The van der Waals surface area contributed by atoms with Gasteiger partial charge in [-0.1, -0.05) is 62.2 Å². The van der Waals surface area contributed by atoms with E-state index in [1.807, 2.05) is 0 Å². The monoisotopic (exact) mass is 465 g/mol. The van der Waals surface area contributed by atoms with E-state index in [1.165, 1.54) is 6.07 Å². The third kappa shape index (κ3) is 5.03. The molecular formula is C23H26Cl2FN3O2. The predicted octanol–water partition coefficient (Wildman–Crippen LogP) is 4.83. The molecule has 2 aromatic carbocycles. The molecule has 0 bridgehead atoms. The van der Waals surface area contributed by atoms with Crippen molar-refractivity contribution in [2.24, 2.45) is 11.1 Å². The smallest absolute Gasteiger partial charge is 0.235 e. The molecule has 0 aromatic heterocycles. The van der Waals surface area contributed by atoms with Gasteiger partial charge >= 0.3 is 0 Å². The number of nitrogens with two attached hydrogens (primary N) is 1. The lowest BCUT2D eigenvalue weighted by atomic mass is 9.73. The molecule has 2 amide bonds. The molecule has 0 saturated carbocycles. The topological polar surface area (TPSA) is 84.2 Å². The molecule has 0 radical (unpaired) electrons. The van der Waals surface area contributed by atoms with Crippen LogP contribution in [-0.4, -0.2) is 24.4 Å². The molecule has 4 N–H and O–H groups in total. The number of primary amides is 1. The van der Waals surface area contributed by atoms with E-state index in [2.05, 4.69) is 31.4 Å². The van der Waals surface area contributed by atoms with E-state index in [9.17, 15) is 9.59 Å². The van der Waals surface area contributed by atoms with Crippen molar-refractivity contribution >= 4 is 41.2 Å². The van der Waals surface area contributed by atoms with Crippen LogP contribution in [0, 0.1) is 11.2 Å². The number of carbonyl (C=O) groups excluding carboxylic acids is 2. The van der Waals surface area contributed by atoms with Gasteiger partial charge in [0.15, 0.2) is 0 Å². The lowest BCUT2D eigenvalue weighted by Crippen LogP contribution is -2.42. The minimum atomic E-state index is -0.815. The van der Waals surface area contributed by atoms with Crippen molar-refractivity contribution in [3.8, 4) is 0 Å². The Morgan fingerprint density at radius 2 is 1.90 bits per heavy atom. The zero-order valence-electron chi connectivity index (χ0n) is 17.6. The molecule has 0 aliphatic carbocycles. The lowest BCUT2D eigenvalue weighted by molar-refractivity contribution is -0.120. The highest BCUT2D eigenvalue weighted by Gasteiger charge is 2.49. The summed E-state index contributed by atoms with van der Waals surface area (Å²) in [5, 5.41) is 6.45. The summed E-state index contributed by atoms with van der Waals surface area (Å²) in [6.07, 6.45) is 1.25. The van der Waals surface area contributed by atoms with Crippen molar-refractivity contribution in [2.45, 2.75) is 51.1 Å². The SMILES string of the molecule is CC(C)(C)C[C@@H]1NC(C(N)=O)[C@H](c2cccc(Cl)c2F)C1c1ccc(Cl)cc1NC=O. The maximum absolute atomic E-state index is 15.2. The molecule has 2 unspecified atom stereocenters. The maximum Gasteiger partial charge on any atom is 0.235 e. The molecule has 1 heterocycles. The van der Waals surface area contributed by atoms with Crippen LogP contribution in [0.3, 0.4) is 0 Å². The van der Waals surface area contributed by atoms with Crippen LogP contribution >= 0.6 is 23.2 Å². The van der Waals surface area contributed by atoms with Gasteiger partial charge in [-0.2, -0.15) is 0 Å². The van der Waals surface area contributed by atoms with Gasteiger partial charge < -0.3 is 16.4 Å². The quantitative estimate of drug-likeness (QED) is 0.534. The van der Waals surface area contributed by atoms with E-state index in [0.717, 1.165) is 5.56 Å². The minimum Gasteiger partial charge on any atom is -0.368 e. The molecule has 8 heteroatoms. The average Bonchev–Trinajstić information content (AvgIpc) is 3.02. The van der Waals surface area contributed by atoms with E-state index in [4.69, 9.17) is 28.9 Å². The van der Waals surface area contributed by atoms with Gasteiger partial charge in [0.1, 0.15) is 5.82 Å². The van der Waals surface area contributed by atoms with Crippen LogP contribution in [0.1, 0.15) is 50.2 Å². The van der Waals surface area contributed by atoms with Crippen LogP contribution in [0.5, 0.6) is 0 Å². The van der Waals surface area contributed by atoms with E-state index < -0.39 is 23.7 Å². The maximum atomic E-state index is 15.2. The largest absolute Gasteiger partial charge is 0.368 e. The molecule has 2 aromatic rings. The van der Waals surface area contributed by atoms with Gasteiger partial charge in [-0.25, -0.2) is 4.39 Å². The van der Waals surface area contributed by atoms with Crippen LogP contribution in [0.4, 0.5) is 10.1 Å². The number of nitrogens with one attached hydrogen (secondary N) is 2. The molecule has 31 heavy (non-hydrogen) atoms. The Hall–Kier alpha value is -2.15. The number of hydrogen-bond acceptors (Lipinski definition) is 3. The average molecular weight is 466 g/mol. The van der Waals surface area contributed by atoms with Crippen molar-refractivity contribution in [3.05, 3.63) is 63.4 Å². The highest BCUT2D eigenvalue weighted by Crippen LogP contribution is 2.49. The zero-order chi connectivity index (χ0) is 22.9. The van der Waals surface area contributed by atoms with Crippen LogP contribution in [0.25, 0.3) is 0 Å². The summed E-state index contributed by atoms with van der Waals surface area (Å²) < 4.78 is 15.2. The summed E-state index contributed by atoms with van der Waals surface area (Å²) in [6.45, 7) is 6.26. The third-order valence-corrected chi connectivity index (χ3v) is 6.17. The molecule has 1 aliphatic rings. The van der Waals surface area contributed by atoms with Crippen molar-refractivity contribution in [3.63, 3.8) is 0 Å². The molecule has 1 saturated heterocycles. The number of rotatable bonds is 6. The second kappa shape index (κ2) is 9.15. The molecule has 3 rings (SSSR count). The molecule has 4 atom stereocenters. The van der Waals surface area contributed by atoms with Crippen LogP contribution in [-0.2, 0) is 9.59 Å². The fourth-order valence-corrected chi connectivity index (χ4v) is 4.92. The molecular weight excluding hydrogens is 440 g/mol. The van der Waals surface area contributed by atoms with Crippen molar-refractivity contribution in [1.82, 2.24) is 5.32 Å². The first-order valence-corrected chi connectivity index (χ1v) is 10.8. The molecule has 5 nitrogen and oxygen atoms in total.